The predicted molar refractivity (Wildman–Crippen MR) is 126 cm³/mol. The molecule has 0 radical (unpaired) electrons. The molecule has 0 bridgehead atoms. The van der Waals surface area contributed by atoms with E-state index in [1.54, 1.807) is 0 Å². The normalized spacial score (nSPS) is 14.4. The van der Waals surface area contributed by atoms with Crippen molar-refractivity contribution in [3.63, 3.8) is 0 Å². The fraction of sp³-hybridized carbons (Fsp3) is 0.500. The minimum Gasteiger partial charge on any atom is -0.378 e. The molecule has 1 aliphatic heterocycles. The number of aliphatic imine (C=N–C) groups is 1. The lowest BCUT2D eigenvalue weighted by Gasteiger charge is -2.16. The summed E-state index contributed by atoms with van der Waals surface area (Å²) in [6.07, 6.45) is 2.74. The predicted octanol–water partition coefficient (Wildman–Crippen LogP) is 4.75. The molecule has 0 fully saturated rings. The first-order valence-electron chi connectivity index (χ1n) is 10.7. The van der Waals surface area contributed by atoms with E-state index in [0.29, 0.717) is 11.5 Å². The van der Waals surface area contributed by atoms with Gasteiger partial charge in [0.1, 0.15) is 5.71 Å². The van der Waals surface area contributed by atoms with Crippen LogP contribution in [0.4, 0.5) is 11.4 Å². The van der Waals surface area contributed by atoms with Gasteiger partial charge in [-0.25, -0.2) is 9.98 Å². The first-order valence-corrected chi connectivity index (χ1v) is 10.7. The van der Waals surface area contributed by atoms with E-state index in [1.807, 2.05) is 21.0 Å². The second-order valence-electron chi connectivity index (χ2n) is 8.64. The molecule has 1 aromatic carbocycles. The number of fused-ring (bicyclic) bond motifs is 1. The van der Waals surface area contributed by atoms with Crippen LogP contribution in [-0.4, -0.2) is 35.2 Å². The molecule has 2 aromatic rings. The van der Waals surface area contributed by atoms with Gasteiger partial charge >= 0.3 is 0 Å². The van der Waals surface area contributed by atoms with E-state index in [0.717, 1.165) is 58.7 Å². The largest absolute Gasteiger partial charge is 0.378 e. The molecule has 1 aliphatic rings. The van der Waals surface area contributed by atoms with E-state index in [-0.39, 0.29) is 11.5 Å². The van der Waals surface area contributed by atoms with Crippen LogP contribution < -0.4 is 10.5 Å². The SMILES string of the molecule is CCCCc1c(C(C)C)nc2n(c1=O)N=C(C)C2=Nc1c(C)cc(N(C)C)cc1C. The fourth-order valence-corrected chi connectivity index (χ4v) is 3.84. The average Bonchev–Trinajstić information content (AvgIpc) is 2.99. The zero-order valence-corrected chi connectivity index (χ0v) is 19.5. The number of unbranched alkanes of at least 4 members (excludes halogenated alkanes) is 1. The van der Waals surface area contributed by atoms with Crippen molar-refractivity contribution in [3.05, 3.63) is 50.7 Å². The van der Waals surface area contributed by atoms with Gasteiger partial charge in [-0.15, -0.1) is 0 Å². The summed E-state index contributed by atoms with van der Waals surface area (Å²) in [6, 6.07) is 4.25. The fourth-order valence-electron chi connectivity index (χ4n) is 3.84. The Balaban J connectivity index is 2.19. The van der Waals surface area contributed by atoms with Crippen molar-refractivity contribution >= 4 is 22.8 Å². The Hall–Kier alpha value is -2.76. The van der Waals surface area contributed by atoms with Crippen LogP contribution in [0.25, 0.3) is 0 Å². The molecule has 30 heavy (non-hydrogen) atoms. The molecule has 0 saturated heterocycles. The van der Waals surface area contributed by atoms with Gasteiger partial charge < -0.3 is 4.90 Å². The van der Waals surface area contributed by atoms with E-state index in [2.05, 4.69) is 56.8 Å². The lowest BCUT2D eigenvalue weighted by Crippen LogP contribution is -2.27. The monoisotopic (exact) mass is 407 g/mol. The van der Waals surface area contributed by atoms with Gasteiger partial charge in [-0.3, -0.25) is 4.79 Å². The van der Waals surface area contributed by atoms with Gasteiger partial charge in [0.05, 0.1) is 17.1 Å². The van der Waals surface area contributed by atoms with E-state index >= 15 is 0 Å². The number of aromatic nitrogens is 2. The first kappa shape index (κ1) is 21.9. The maximum atomic E-state index is 13.2. The molecule has 0 spiro atoms. The highest BCUT2D eigenvalue weighted by Gasteiger charge is 2.27. The van der Waals surface area contributed by atoms with Crippen LogP contribution in [0.1, 0.15) is 74.7 Å². The van der Waals surface area contributed by atoms with Crippen molar-refractivity contribution in [2.24, 2.45) is 10.1 Å². The number of benzene rings is 1. The third-order valence-corrected chi connectivity index (χ3v) is 5.53. The summed E-state index contributed by atoms with van der Waals surface area (Å²) in [6.45, 7) is 12.3. The van der Waals surface area contributed by atoms with Crippen molar-refractivity contribution in [3.8, 4) is 0 Å². The van der Waals surface area contributed by atoms with Gasteiger partial charge in [0, 0.05) is 25.3 Å². The Morgan fingerprint density at radius 3 is 2.30 bits per heavy atom. The quantitative estimate of drug-likeness (QED) is 0.694. The molecule has 6 heteroatoms. The number of hydrogen-bond acceptors (Lipinski definition) is 5. The summed E-state index contributed by atoms with van der Waals surface area (Å²) in [5.74, 6) is 0.720. The molecule has 6 nitrogen and oxygen atoms in total. The van der Waals surface area contributed by atoms with Gasteiger partial charge in [-0.1, -0.05) is 27.2 Å². The summed E-state index contributed by atoms with van der Waals surface area (Å²) < 4.78 is 1.45. The zero-order valence-electron chi connectivity index (χ0n) is 19.5. The number of nitrogens with zero attached hydrogens (tertiary/aromatic N) is 5. The van der Waals surface area contributed by atoms with E-state index < -0.39 is 0 Å². The molecule has 0 aliphatic carbocycles. The Labute approximate surface area is 179 Å². The second kappa shape index (κ2) is 8.54. The molecular weight excluding hydrogens is 374 g/mol. The Bertz CT molecular complexity index is 1070. The first-order chi connectivity index (χ1) is 14.1. The molecule has 0 amide bonds. The molecule has 0 N–H and O–H groups in total. The lowest BCUT2D eigenvalue weighted by atomic mass is 10.0. The minimum absolute atomic E-state index is 0.0573. The highest BCUT2D eigenvalue weighted by atomic mass is 16.1. The average molecular weight is 408 g/mol. The lowest BCUT2D eigenvalue weighted by molar-refractivity contribution is 0.688. The van der Waals surface area contributed by atoms with Crippen molar-refractivity contribution in [1.29, 1.82) is 0 Å². The smallest absolute Gasteiger partial charge is 0.277 e. The molecule has 160 valence electrons. The minimum atomic E-state index is -0.0573. The zero-order chi connectivity index (χ0) is 22.2. The van der Waals surface area contributed by atoms with E-state index in [1.165, 1.54) is 4.68 Å². The molecule has 3 rings (SSSR count). The van der Waals surface area contributed by atoms with Crippen LogP contribution >= 0.6 is 0 Å². The van der Waals surface area contributed by atoms with Crippen molar-refractivity contribution in [2.45, 2.75) is 66.7 Å². The van der Waals surface area contributed by atoms with Crippen LogP contribution in [0.3, 0.4) is 0 Å². The third kappa shape index (κ3) is 3.95. The molecule has 1 aromatic heterocycles. The standard InChI is InChI=1S/C24H33N5O/c1-9-10-11-19-20(14(2)3)26-23-22(17(6)27-29(23)24(19)30)25-21-15(4)12-18(28(7)8)13-16(21)5/h12-14H,9-11H2,1-8H3. The maximum absolute atomic E-state index is 13.2. The van der Waals surface area contributed by atoms with Crippen LogP contribution in [0.2, 0.25) is 0 Å². The summed E-state index contributed by atoms with van der Waals surface area (Å²) in [5.41, 5.74) is 7.23. The summed E-state index contributed by atoms with van der Waals surface area (Å²) in [7, 11) is 4.06. The topological polar surface area (TPSA) is 62.9 Å². The Morgan fingerprint density at radius 2 is 1.77 bits per heavy atom. The highest BCUT2D eigenvalue weighted by molar-refractivity contribution is 6.48. The van der Waals surface area contributed by atoms with E-state index in [4.69, 9.17) is 9.98 Å². The van der Waals surface area contributed by atoms with E-state index in [9.17, 15) is 4.79 Å². The second-order valence-corrected chi connectivity index (χ2v) is 8.64. The van der Waals surface area contributed by atoms with Gasteiger partial charge in [-0.05, 0) is 62.8 Å². The molecule has 2 heterocycles. The number of rotatable bonds is 6. The maximum Gasteiger partial charge on any atom is 0.277 e. The Kier molecular flexibility index (Phi) is 6.25. The van der Waals surface area contributed by atoms with Crippen LogP contribution in [0.15, 0.2) is 27.0 Å². The van der Waals surface area contributed by atoms with Crippen LogP contribution in [0, 0.1) is 13.8 Å². The summed E-state index contributed by atoms with van der Waals surface area (Å²) in [4.78, 5) is 25.2. The number of aryl methyl sites for hydroxylation is 2. The number of hydrogen-bond donors (Lipinski definition) is 0. The van der Waals surface area contributed by atoms with Crippen molar-refractivity contribution in [1.82, 2.24) is 9.66 Å². The molecule has 0 unspecified atom stereocenters. The molecular formula is C24H33N5O. The van der Waals surface area contributed by atoms with Crippen LogP contribution in [-0.2, 0) is 6.42 Å². The van der Waals surface area contributed by atoms with Gasteiger partial charge in [0.25, 0.3) is 5.56 Å². The van der Waals surface area contributed by atoms with Crippen LogP contribution in [0.5, 0.6) is 0 Å². The van der Waals surface area contributed by atoms with Crippen molar-refractivity contribution < 1.29 is 0 Å². The van der Waals surface area contributed by atoms with Gasteiger partial charge in [-0.2, -0.15) is 9.78 Å². The summed E-state index contributed by atoms with van der Waals surface area (Å²) in [5, 5.41) is 4.52. The van der Waals surface area contributed by atoms with Gasteiger partial charge in [0.15, 0.2) is 5.82 Å². The third-order valence-electron chi connectivity index (χ3n) is 5.53. The summed E-state index contributed by atoms with van der Waals surface area (Å²) >= 11 is 0. The molecule has 0 saturated carbocycles. The highest BCUT2D eigenvalue weighted by Crippen LogP contribution is 2.30. The number of anilines is 1. The van der Waals surface area contributed by atoms with Crippen molar-refractivity contribution in [2.75, 3.05) is 19.0 Å². The Morgan fingerprint density at radius 1 is 1.13 bits per heavy atom. The molecule has 0 atom stereocenters. The van der Waals surface area contributed by atoms with Gasteiger partial charge in [0.2, 0.25) is 0 Å².